The van der Waals surface area contributed by atoms with Gasteiger partial charge < -0.3 is 19.4 Å². The molecule has 0 saturated heterocycles. The van der Waals surface area contributed by atoms with Gasteiger partial charge in [-0.1, -0.05) is 19.9 Å². The van der Waals surface area contributed by atoms with Crippen LogP contribution in [0.4, 0.5) is 0 Å². The standard InChI is InChI=1S/C18H23N5O2/c1-5-19-17-15-18(22-16(21-15)11(2)3)23(10-20-17)9-12-6-7-14(25-4)13(24)8-12/h6-8,10-11,24H,5,9H2,1-4H3,(H,21,22). The van der Waals surface area contributed by atoms with Crippen molar-refractivity contribution in [3.05, 3.63) is 41.4 Å². The van der Waals surface area contributed by atoms with Crippen LogP contribution in [-0.4, -0.2) is 38.3 Å². The molecule has 0 amide bonds. The number of hydrogen-bond acceptors (Lipinski definition) is 5. The number of ether oxygens (including phenoxy) is 1. The van der Waals surface area contributed by atoms with Crippen LogP contribution in [0.15, 0.2) is 29.5 Å². The van der Waals surface area contributed by atoms with Crippen molar-refractivity contribution in [2.45, 2.75) is 33.2 Å². The molecule has 2 heterocycles. The number of imidazole rings is 1. The third-order valence-electron chi connectivity index (χ3n) is 3.97. The van der Waals surface area contributed by atoms with Crippen molar-refractivity contribution in [2.75, 3.05) is 13.7 Å². The Morgan fingerprint density at radius 3 is 2.80 bits per heavy atom. The first kappa shape index (κ1) is 17.0. The Kier molecular flexibility index (Phi) is 4.74. The Balaban J connectivity index is 2.08. The Morgan fingerprint density at radius 1 is 1.36 bits per heavy atom. The summed E-state index contributed by atoms with van der Waals surface area (Å²) in [6, 6.07) is 5.36. The van der Waals surface area contributed by atoms with E-state index in [1.54, 1.807) is 18.5 Å². The van der Waals surface area contributed by atoms with E-state index in [0.717, 1.165) is 22.6 Å². The molecule has 0 saturated carbocycles. The molecule has 0 spiro atoms. The van der Waals surface area contributed by atoms with E-state index < -0.39 is 0 Å². The molecule has 132 valence electrons. The van der Waals surface area contributed by atoms with Gasteiger partial charge in [0, 0.05) is 12.5 Å². The van der Waals surface area contributed by atoms with Crippen LogP contribution in [0.25, 0.3) is 11.2 Å². The van der Waals surface area contributed by atoms with E-state index in [2.05, 4.69) is 28.8 Å². The number of phenolic OH excluding ortho intramolecular Hbond substituents is 1. The minimum absolute atomic E-state index is 0.118. The molecule has 7 nitrogen and oxygen atoms in total. The smallest absolute Gasteiger partial charge is 0.176 e. The molecule has 25 heavy (non-hydrogen) atoms. The van der Waals surface area contributed by atoms with Crippen molar-refractivity contribution in [1.29, 1.82) is 0 Å². The quantitative estimate of drug-likeness (QED) is 0.746. The molecule has 7 heteroatoms. The summed E-state index contributed by atoms with van der Waals surface area (Å²) < 4.78 is 7.05. The molecule has 0 bridgehead atoms. The maximum absolute atomic E-state index is 9.99. The number of aromatic amines is 1. The monoisotopic (exact) mass is 341 g/mol. The number of rotatable bonds is 5. The lowest BCUT2D eigenvalue weighted by Gasteiger charge is -2.09. The van der Waals surface area contributed by atoms with Crippen LogP contribution in [0.1, 0.15) is 38.1 Å². The summed E-state index contributed by atoms with van der Waals surface area (Å²) in [4.78, 5) is 17.0. The highest BCUT2D eigenvalue weighted by atomic mass is 16.5. The molecule has 0 fully saturated rings. The van der Waals surface area contributed by atoms with Gasteiger partial charge in [0.15, 0.2) is 22.6 Å². The highest BCUT2D eigenvalue weighted by Crippen LogP contribution is 2.26. The molecule has 0 unspecified atom stereocenters. The number of H-pyrrole nitrogens is 1. The van der Waals surface area contributed by atoms with Crippen molar-refractivity contribution in [3.8, 4) is 11.5 Å². The fraction of sp³-hybridized carbons (Fsp3) is 0.389. The van der Waals surface area contributed by atoms with Gasteiger partial charge in [-0.05, 0) is 24.6 Å². The molecule has 1 aromatic carbocycles. The third kappa shape index (κ3) is 3.35. The predicted octanol–water partition coefficient (Wildman–Crippen LogP) is 2.57. The molecule has 0 aliphatic carbocycles. The second-order valence-electron chi connectivity index (χ2n) is 6.15. The topological polar surface area (TPSA) is 88.3 Å². The maximum atomic E-state index is 9.99. The van der Waals surface area contributed by atoms with E-state index in [0.29, 0.717) is 24.3 Å². The normalized spacial score (nSPS) is 12.3. The van der Waals surface area contributed by atoms with Gasteiger partial charge in [0.25, 0.3) is 0 Å². The van der Waals surface area contributed by atoms with Gasteiger partial charge in [0.05, 0.1) is 20.0 Å². The van der Waals surface area contributed by atoms with E-state index in [4.69, 9.17) is 9.72 Å². The zero-order chi connectivity index (χ0) is 18.0. The number of phenols is 1. The SMILES string of the molecule is CCN=c1ncn(Cc2ccc(OC)c(O)c2)c2nc(C(C)C)[nH]c12. The molecule has 3 aromatic rings. The zero-order valence-electron chi connectivity index (χ0n) is 14.9. The fourth-order valence-corrected chi connectivity index (χ4v) is 2.68. The highest BCUT2D eigenvalue weighted by molar-refractivity contribution is 5.69. The second kappa shape index (κ2) is 6.96. The summed E-state index contributed by atoms with van der Waals surface area (Å²) in [6.45, 7) is 7.36. The summed E-state index contributed by atoms with van der Waals surface area (Å²) in [7, 11) is 1.53. The first-order chi connectivity index (χ1) is 12.0. The number of nitrogens with zero attached hydrogens (tertiary/aromatic N) is 4. The number of aromatic nitrogens is 4. The molecule has 0 radical (unpaired) electrons. The van der Waals surface area contributed by atoms with Crippen LogP contribution < -0.4 is 10.2 Å². The first-order valence-electron chi connectivity index (χ1n) is 8.34. The van der Waals surface area contributed by atoms with Gasteiger partial charge in [-0.25, -0.2) is 9.97 Å². The Hall–Kier alpha value is -2.83. The molecule has 0 aliphatic heterocycles. The molecular formula is C18H23N5O2. The molecular weight excluding hydrogens is 318 g/mol. The van der Waals surface area contributed by atoms with E-state index in [1.807, 2.05) is 17.6 Å². The third-order valence-corrected chi connectivity index (χ3v) is 3.97. The second-order valence-corrected chi connectivity index (χ2v) is 6.15. The fourth-order valence-electron chi connectivity index (χ4n) is 2.68. The maximum Gasteiger partial charge on any atom is 0.176 e. The summed E-state index contributed by atoms with van der Waals surface area (Å²) >= 11 is 0. The van der Waals surface area contributed by atoms with Crippen molar-refractivity contribution in [2.24, 2.45) is 4.99 Å². The summed E-state index contributed by atoms with van der Waals surface area (Å²) in [6.07, 6.45) is 1.74. The number of methoxy groups -OCH3 is 1. The largest absolute Gasteiger partial charge is 0.504 e. The van der Waals surface area contributed by atoms with Crippen LogP contribution in [0.2, 0.25) is 0 Å². The Morgan fingerprint density at radius 2 is 2.16 bits per heavy atom. The number of aromatic hydroxyl groups is 1. The van der Waals surface area contributed by atoms with Gasteiger partial charge >= 0.3 is 0 Å². The van der Waals surface area contributed by atoms with Crippen molar-refractivity contribution < 1.29 is 9.84 Å². The minimum atomic E-state index is 0.118. The van der Waals surface area contributed by atoms with Crippen molar-refractivity contribution >= 4 is 11.2 Å². The van der Waals surface area contributed by atoms with Crippen LogP contribution in [0.3, 0.4) is 0 Å². The number of nitrogens with one attached hydrogen (secondary N) is 1. The van der Waals surface area contributed by atoms with Crippen LogP contribution >= 0.6 is 0 Å². The molecule has 2 N–H and O–H groups in total. The highest BCUT2D eigenvalue weighted by Gasteiger charge is 2.12. The lowest BCUT2D eigenvalue weighted by atomic mass is 10.2. The number of hydrogen-bond donors (Lipinski definition) is 2. The Labute approximate surface area is 146 Å². The average molecular weight is 341 g/mol. The average Bonchev–Trinajstić information content (AvgIpc) is 3.04. The van der Waals surface area contributed by atoms with Gasteiger partial charge in [-0.3, -0.25) is 4.99 Å². The molecule has 0 aliphatic rings. The predicted molar refractivity (Wildman–Crippen MR) is 95.8 cm³/mol. The van der Waals surface area contributed by atoms with Crippen LogP contribution in [0.5, 0.6) is 11.5 Å². The van der Waals surface area contributed by atoms with Crippen molar-refractivity contribution in [1.82, 2.24) is 19.5 Å². The number of benzene rings is 1. The van der Waals surface area contributed by atoms with E-state index in [-0.39, 0.29) is 11.7 Å². The van der Waals surface area contributed by atoms with Gasteiger partial charge in [-0.15, -0.1) is 0 Å². The van der Waals surface area contributed by atoms with Crippen LogP contribution in [-0.2, 0) is 6.54 Å². The summed E-state index contributed by atoms with van der Waals surface area (Å²) in [5, 5.41) is 9.99. The van der Waals surface area contributed by atoms with E-state index in [9.17, 15) is 5.11 Å². The van der Waals surface area contributed by atoms with Crippen molar-refractivity contribution in [3.63, 3.8) is 0 Å². The molecule has 2 aromatic heterocycles. The Bertz CT molecular complexity index is 956. The van der Waals surface area contributed by atoms with Gasteiger partial charge in [0.1, 0.15) is 11.3 Å². The van der Waals surface area contributed by atoms with E-state index in [1.165, 1.54) is 7.11 Å². The van der Waals surface area contributed by atoms with Gasteiger partial charge in [-0.2, -0.15) is 0 Å². The molecule has 3 rings (SSSR count). The summed E-state index contributed by atoms with van der Waals surface area (Å²) in [5.74, 6) is 1.76. The van der Waals surface area contributed by atoms with E-state index >= 15 is 0 Å². The number of fused-ring (bicyclic) bond motifs is 1. The first-order valence-corrected chi connectivity index (χ1v) is 8.34. The van der Waals surface area contributed by atoms with Gasteiger partial charge in [0.2, 0.25) is 0 Å². The zero-order valence-corrected chi connectivity index (χ0v) is 14.9. The molecule has 0 atom stereocenters. The lowest BCUT2D eigenvalue weighted by Crippen LogP contribution is -2.15. The summed E-state index contributed by atoms with van der Waals surface area (Å²) in [5.41, 5.74) is 3.25. The lowest BCUT2D eigenvalue weighted by molar-refractivity contribution is 0.373. The minimum Gasteiger partial charge on any atom is -0.504 e. The van der Waals surface area contributed by atoms with Crippen LogP contribution in [0, 0.1) is 0 Å².